The van der Waals surface area contributed by atoms with E-state index in [0.717, 1.165) is 19.1 Å². The Bertz CT molecular complexity index is 259. The van der Waals surface area contributed by atoms with Crippen LogP contribution in [0.4, 0.5) is 4.79 Å². The molecule has 2 unspecified atom stereocenters. The molecule has 1 heterocycles. The highest BCUT2D eigenvalue weighted by atomic mass is 16.6. The molecule has 0 bridgehead atoms. The van der Waals surface area contributed by atoms with Crippen LogP contribution in [-0.4, -0.2) is 36.7 Å². The molecular weight excluding hydrogens is 210 g/mol. The van der Waals surface area contributed by atoms with Crippen LogP contribution >= 0.6 is 0 Å². The van der Waals surface area contributed by atoms with Crippen LogP contribution in [-0.2, 0) is 14.3 Å². The molecule has 0 aromatic carbocycles. The number of alkyl carbamates (subject to hydrolysis) is 1. The van der Waals surface area contributed by atoms with Crippen LogP contribution < -0.4 is 5.32 Å². The molecule has 1 rings (SSSR count). The zero-order valence-corrected chi connectivity index (χ0v) is 9.99. The van der Waals surface area contributed by atoms with E-state index in [9.17, 15) is 9.59 Å². The molecule has 1 fully saturated rings. The van der Waals surface area contributed by atoms with E-state index in [4.69, 9.17) is 9.47 Å². The quantitative estimate of drug-likeness (QED) is 0.724. The minimum absolute atomic E-state index is 0.277. The van der Waals surface area contributed by atoms with E-state index >= 15 is 0 Å². The number of amides is 1. The maximum atomic E-state index is 11.5. The smallest absolute Gasteiger partial charge is 0.407 e. The summed E-state index contributed by atoms with van der Waals surface area (Å²) in [6, 6.07) is -0.277. The second-order valence-electron chi connectivity index (χ2n) is 4.87. The van der Waals surface area contributed by atoms with E-state index in [1.165, 1.54) is 0 Å². The Balaban J connectivity index is 2.45. The van der Waals surface area contributed by atoms with Crippen LogP contribution in [0.25, 0.3) is 0 Å². The number of hydrogen-bond acceptors (Lipinski definition) is 4. The van der Waals surface area contributed by atoms with Crippen molar-refractivity contribution in [1.82, 2.24) is 5.32 Å². The first-order valence-corrected chi connectivity index (χ1v) is 5.49. The number of nitrogens with one attached hydrogen (secondary N) is 1. The third-order valence-corrected chi connectivity index (χ3v) is 2.20. The molecule has 1 N–H and O–H groups in total. The lowest BCUT2D eigenvalue weighted by Crippen LogP contribution is -2.49. The third kappa shape index (κ3) is 4.18. The van der Waals surface area contributed by atoms with Gasteiger partial charge in [-0.05, 0) is 33.6 Å². The molecule has 1 aliphatic heterocycles. The highest BCUT2D eigenvalue weighted by molar-refractivity contribution is 5.69. The summed E-state index contributed by atoms with van der Waals surface area (Å²) in [6.07, 6.45) is 1.24. The Kier molecular flexibility index (Phi) is 4.29. The summed E-state index contributed by atoms with van der Waals surface area (Å²) in [6.45, 7) is 5.94. The number of carbonyl (C=O) groups excluding carboxylic acids is 2. The molecule has 1 aliphatic rings. The van der Waals surface area contributed by atoms with Gasteiger partial charge in [-0.3, -0.25) is 0 Å². The SMILES string of the molecule is CC(C)(C)OC(=O)NC1CCCOC1C=O. The summed E-state index contributed by atoms with van der Waals surface area (Å²) < 4.78 is 10.3. The first kappa shape index (κ1) is 13.0. The van der Waals surface area contributed by atoms with Crippen LogP contribution in [0, 0.1) is 0 Å². The van der Waals surface area contributed by atoms with Crippen molar-refractivity contribution < 1.29 is 19.1 Å². The number of rotatable bonds is 2. The summed E-state index contributed by atoms with van der Waals surface area (Å²) in [4.78, 5) is 22.2. The molecule has 92 valence electrons. The highest BCUT2D eigenvalue weighted by Crippen LogP contribution is 2.14. The summed E-state index contributed by atoms with van der Waals surface area (Å²) in [5.41, 5.74) is -0.531. The molecule has 1 amide bonds. The molecular formula is C11H19NO4. The van der Waals surface area contributed by atoms with Gasteiger partial charge in [0.25, 0.3) is 0 Å². The van der Waals surface area contributed by atoms with Crippen molar-refractivity contribution in [3.8, 4) is 0 Å². The maximum absolute atomic E-state index is 11.5. The molecule has 0 saturated carbocycles. The summed E-state index contributed by atoms with van der Waals surface area (Å²) >= 11 is 0. The largest absolute Gasteiger partial charge is 0.444 e. The van der Waals surface area contributed by atoms with Gasteiger partial charge in [-0.1, -0.05) is 0 Å². The topological polar surface area (TPSA) is 64.6 Å². The van der Waals surface area contributed by atoms with Gasteiger partial charge in [-0.15, -0.1) is 0 Å². The highest BCUT2D eigenvalue weighted by Gasteiger charge is 2.28. The number of aldehydes is 1. The van der Waals surface area contributed by atoms with Crippen LogP contribution in [0.5, 0.6) is 0 Å². The average Bonchev–Trinajstić information content (AvgIpc) is 2.15. The molecule has 0 aromatic rings. The van der Waals surface area contributed by atoms with Crippen LogP contribution in [0.15, 0.2) is 0 Å². The van der Waals surface area contributed by atoms with Crippen molar-refractivity contribution >= 4 is 12.4 Å². The van der Waals surface area contributed by atoms with Gasteiger partial charge < -0.3 is 19.6 Å². The van der Waals surface area contributed by atoms with Gasteiger partial charge in [-0.25, -0.2) is 4.79 Å². The van der Waals surface area contributed by atoms with Gasteiger partial charge in [0.15, 0.2) is 6.29 Å². The standard InChI is InChI=1S/C11H19NO4/c1-11(2,3)16-10(14)12-8-5-4-6-15-9(8)7-13/h7-9H,4-6H2,1-3H3,(H,12,14). The average molecular weight is 229 g/mol. The van der Waals surface area contributed by atoms with Crippen LogP contribution in [0.1, 0.15) is 33.6 Å². The van der Waals surface area contributed by atoms with E-state index in [0.29, 0.717) is 6.61 Å². The lowest BCUT2D eigenvalue weighted by molar-refractivity contribution is -0.122. The van der Waals surface area contributed by atoms with Crippen molar-refractivity contribution in [3.63, 3.8) is 0 Å². The molecule has 1 saturated heterocycles. The summed E-state index contributed by atoms with van der Waals surface area (Å²) in [7, 11) is 0. The van der Waals surface area contributed by atoms with Crippen LogP contribution in [0.2, 0.25) is 0 Å². The fourth-order valence-electron chi connectivity index (χ4n) is 1.55. The Morgan fingerprint density at radius 2 is 2.19 bits per heavy atom. The summed E-state index contributed by atoms with van der Waals surface area (Å²) in [5.74, 6) is 0. The molecule has 0 aromatic heterocycles. The Labute approximate surface area is 95.5 Å². The number of hydrogen-bond donors (Lipinski definition) is 1. The fraction of sp³-hybridized carbons (Fsp3) is 0.818. The first-order valence-electron chi connectivity index (χ1n) is 5.49. The zero-order chi connectivity index (χ0) is 12.2. The Morgan fingerprint density at radius 3 is 2.75 bits per heavy atom. The lowest BCUT2D eigenvalue weighted by atomic mass is 10.0. The van der Waals surface area contributed by atoms with E-state index in [1.54, 1.807) is 20.8 Å². The molecule has 0 radical (unpaired) electrons. The van der Waals surface area contributed by atoms with E-state index in [-0.39, 0.29) is 6.04 Å². The molecule has 5 heteroatoms. The lowest BCUT2D eigenvalue weighted by Gasteiger charge is -2.29. The molecule has 0 spiro atoms. The van der Waals surface area contributed by atoms with Crippen molar-refractivity contribution in [3.05, 3.63) is 0 Å². The Morgan fingerprint density at radius 1 is 1.50 bits per heavy atom. The number of carbonyl (C=O) groups is 2. The molecule has 0 aliphatic carbocycles. The van der Waals surface area contributed by atoms with Crippen LogP contribution in [0.3, 0.4) is 0 Å². The van der Waals surface area contributed by atoms with Gasteiger partial charge in [0.1, 0.15) is 11.7 Å². The number of ether oxygens (including phenoxy) is 2. The van der Waals surface area contributed by atoms with E-state index < -0.39 is 17.8 Å². The first-order chi connectivity index (χ1) is 7.42. The minimum atomic E-state index is -0.554. The van der Waals surface area contributed by atoms with Crippen molar-refractivity contribution in [2.75, 3.05) is 6.61 Å². The van der Waals surface area contributed by atoms with E-state index in [1.807, 2.05) is 0 Å². The van der Waals surface area contributed by atoms with Gasteiger partial charge in [-0.2, -0.15) is 0 Å². The van der Waals surface area contributed by atoms with E-state index in [2.05, 4.69) is 5.32 Å². The zero-order valence-electron chi connectivity index (χ0n) is 9.99. The van der Waals surface area contributed by atoms with Gasteiger partial charge in [0.2, 0.25) is 0 Å². The minimum Gasteiger partial charge on any atom is -0.444 e. The van der Waals surface area contributed by atoms with Crippen molar-refractivity contribution in [1.29, 1.82) is 0 Å². The van der Waals surface area contributed by atoms with Gasteiger partial charge in [0, 0.05) is 6.61 Å². The normalized spacial score (nSPS) is 25.9. The molecule has 5 nitrogen and oxygen atoms in total. The predicted octanol–water partition coefficient (Wildman–Crippen LogP) is 1.26. The van der Waals surface area contributed by atoms with Crippen molar-refractivity contribution in [2.24, 2.45) is 0 Å². The van der Waals surface area contributed by atoms with Gasteiger partial charge >= 0.3 is 6.09 Å². The Hall–Kier alpha value is -1.10. The fourth-order valence-corrected chi connectivity index (χ4v) is 1.55. The third-order valence-electron chi connectivity index (χ3n) is 2.20. The molecule has 16 heavy (non-hydrogen) atoms. The summed E-state index contributed by atoms with van der Waals surface area (Å²) in [5, 5.41) is 2.66. The monoisotopic (exact) mass is 229 g/mol. The second-order valence-corrected chi connectivity index (χ2v) is 4.87. The predicted molar refractivity (Wildman–Crippen MR) is 58.2 cm³/mol. The van der Waals surface area contributed by atoms with Crippen molar-refractivity contribution in [2.45, 2.75) is 51.4 Å². The molecule has 2 atom stereocenters. The second kappa shape index (κ2) is 5.30. The maximum Gasteiger partial charge on any atom is 0.407 e. The van der Waals surface area contributed by atoms with Gasteiger partial charge in [0.05, 0.1) is 6.04 Å².